The van der Waals surface area contributed by atoms with Crippen LogP contribution in [0.2, 0.25) is 0 Å². The number of benzene rings is 1. The van der Waals surface area contributed by atoms with Gasteiger partial charge in [-0.1, -0.05) is 38.3 Å². The van der Waals surface area contributed by atoms with Gasteiger partial charge in [0.25, 0.3) is 0 Å². The molecule has 1 amide bonds. The van der Waals surface area contributed by atoms with E-state index in [0.29, 0.717) is 6.54 Å². The highest BCUT2D eigenvalue weighted by atomic mass is 16.5. The molecule has 1 rings (SSSR count). The van der Waals surface area contributed by atoms with Gasteiger partial charge < -0.3 is 15.4 Å². The van der Waals surface area contributed by atoms with Crippen LogP contribution in [0.25, 0.3) is 0 Å². The third kappa shape index (κ3) is 8.35. The minimum absolute atomic E-state index is 0.0131. The number of unbranched alkanes of at least 4 members (excludes halogenated alkanes) is 3. The summed E-state index contributed by atoms with van der Waals surface area (Å²) in [7, 11) is 1.64. The maximum atomic E-state index is 11.1. The predicted octanol–water partition coefficient (Wildman–Crippen LogP) is 2.52. The Bertz CT molecular complexity index is 408. The summed E-state index contributed by atoms with van der Waals surface area (Å²) in [5.74, 6) is 0.953. The Hall–Kier alpha value is -1.55. The van der Waals surface area contributed by atoms with E-state index < -0.39 is 0 Å². The molecule has 4 heteroatoms. The van der Waals surface area contributed by atoms with Crippen molar-refractivity contribution in [2.24, 2.45) is 0 Å². The minimum Gasteiger partial charge on any atom is -0.494 e. The van der Waals surface area contributed by atoms with E-state index in [-0.39, 0.29) is 5.91 Å². The Morgan fingerprint density at radius 2 is 2.10 bits per heavy atom. The Labute approximate surface area is 128 Å². The van der Waals surface area contributed by atoms with Crippen LogP contribution < -0.4 is 15.4 Å². The summed E-state index contributed by atoms with van der Waals surface area (Å²) in [5.41, 5.74) is 1.23. The molecule has 118 valence electrons. The molecule has 0 aliphatic rings. The number of hydrogen-bond acceptors (Lipinski definition) is 3. The molecular formula is C17H28N2O2. The molecular weight excluding hydrogens is 264 g/mol. The fourth-order valence-corrected chi connectivity index (χ4v) is 2.03. The third-order valence-electron chi connectivity index (χ3n) is 3.32. The Morgan fingerprint density at radius 1 is 1.24 bits per heavy atom. The van der Waals surface area contributed by atoms with E-state index in [1.165, 1.54) is 24.8 Å². The van der Waals surface area contributed by atoms with Gasteiger partial charge in [-0.25, -0.2) is 0 Å². The van der Waals surface area contributed by atoms with Crippen LogP contribution in [0, 0.1) is 0 Å². The second-order valence-electron chi connectivity index (χ2n) is 5.16. The molecule has 0 atom stereocenters. The molecule has 0 fully saturated rings. The van der Waals surface area contributed by atoms with Crippen LogP contribution in [0.5, 0.6) is 5.75 Å². The van der Waals surface area contributed by atoms with Gasteiger partial charge in [-0.05, 0) is 37.1 Å². The van der Waals surface area contributed by atoms with Gasteiger partial charge in [0.05, 0.1) is 13.2 Å². The van der Waals surface area contributed by atoms with Gasteiger partial charge >= 0.3 is 0 Å². The minimum atomic E-state index is 0.0131. The number of carbonyl (C=O) groups is 1. The van der Waals surface area contributed by atoms with Crippen LogP contribution in [-0.4, -0.2) is 32.7 Å². The maximum absolute atomic E-state index is 11.1. The molecule has 0 heterocycles. The lowest BCUT2D eigenvalue weighted by molar-refractivity contribution is -0.119. The molecule has 4 nitrogen and oxygen atoms in total. The fraction of sp³-hybridized carbons (Fsp3) is 0.588. The topological polar surface area (TPSA) is 50.4 Å². The molecule has 0 saturated heterocycles. The van der Waals surface area contributed by atoms with E-state index in [1.807, 2.05) is 12.1 Å². The first kappa shape index (κ1) is 17.5. The first-order valence-electron chi connectivity index (χ1n) is 7.89. The molecule has 1 aromatic rings. The van der Waals surface area contributed by atoms with E-state index in [0.717, 1.165) is 31.7 Å². The zero-order chi connectivity index (χ0) is 15.3. The number of ether oxygens (including phenoxy) is 1. The quantitative estimate of drug-likeness (QED) is 0.616. The van der Waals surface area contributed by atoms with Crippen LogP contribution in [-0.2, 0) is 11.2 Å². The summed E-state index contributed by atoms with van der Waals surface area (Å²) in [5, 5.41) is 5.71. The van der Waals surface area contributed by atoms with Crippen LogP contribution >= 0.6 is 0 Å². The van der Waals surface area contributed by atoms with E-state index >= 15 is 0 Å². The average Bonchev–Trinajstić information content (AvgIpc) is 2.51. The Balaban J connectivity index is 2.23. The van der Waals surface area contributed by atoms with Crippen molar-refractivity contribution in [3.8, 4) is 5.75 Å². The lowest BCUT2D eigenvalue weighted by Crippen LogP contribution is -2.32. The highest BCUT2D eigenvalue weighted by molar-refractivity contribution is 5.77. The molecule has 0 aromatic heterocycles. The summed E-state index contributed by atoms with van der Waals surface area (Å²) in [6.07, 6.45) is 5.77. The number of likely N-dealkylation sites (N-methyl/N-ethyl adjacent to an activating group) is 1. The Kier molecular flexibility index (Phi) is 9.29. The second kappa shape index (κ2) is 11.1. The highest BCUT2D eigenvalue weighted by Crippen LogP contribution is 2.14. The summed E-state index contributed by atoms with van der Waals surface area (Å²) < 4.78 is 5.77. The number of hydrogen-bond donors (Lipinski definition) is 2. The molecule has 0 aliphatic carbocycles. The highest BCUT2D eigenvalue weighted by Gasteiger charge is 1.99. The average molecular weight is 292 g/mol. The van der Waals surface area contributed by atoms with Gasteiger partial charge in [0.2, 0.25) is 5.91 Å². The van der Waals surface area contributed by atoms with Crippen molar-refractivity contribution in [1.29, 1.82) is 0 Å². The summed E-state index contributed by atoms with van der Waals surface area (Å²) in [4.78, 5) is 11.1. The third-order valence-corrected chi connectivity index (χ3v) is 3.32. The monoisotopic (exact) mass is 292 g/mol. The standard InChI is InChI=1S/C17H28N2O2/c1-3-4-5-6-12-21-16-9-7-8-15(13-16)10-11-19-14-17(20)18-2/h7-9,13,19H,3-6,10-12,14H2,1-2H3,(H,18,20). The summed E-state index contributed by atoms with van der Waals surface area (Å²) in [6.45, 7) is 4.15. The van der Waals surface area contributed by atoms with Crippen LogP contribution in [0.1, 0.15) is 38.2 Å². The first-order chi connectivity index (χ1) is 10.3. The maximum Gasteiger partial charge on any atom is 0.233 e. The number of carbonyl (C=O) groups excluding carboxylic acids is 1. The van der Waals surface area contributed by atoms with Crippen LogP contribution in [0.4, 0.5) is 0 Å². The fourth-order valence-electron chi connectivity index (χ4n) is 2.03. The van der Waals surface area contributed by atoms with Gasteiger partial charge in [0.1, 0.15) is 5.75 Å². The molecule has 0 bridgehead atoms. The van der Waals surface area contributed by atoms with Crippen molar-refractivity contribution in [2.75, 3.05) is 26.7 Å². The van der Waals surface area contributed by atoms with Crippen LogP contribution in [0.15, 0.2) is 24.3 Å². The Morgan fingerprint density at radius 3 is 2.86 bits per heavy atom. The first-order valence-corrected chi connectivity index (χ1v) is 7.89. The smallest absolute Gasteiger partial charge is 0.233 e. The van der Waals surface area contributed by atoms with Crippen molar-refractivity contribution in [1.82, 2.24) is 10.6 Å². The van der Waals surface area contributed by atoms with Gasteiger partial charge in [0.15, 0.2) is 0 Å². The van der Waals surface area contributed by atoms with Gasteiger partial charge in [0, 0.05) is 7.05 Å². The van der Waals surface area contributed by atoms with E-state index in [4.69, 9.17) is 4.74 Å². The molecule has 2 N–H and O–H groups in total. The van der Waals surface area contributed by atoms with E-state index in [1.54, 1.807) is 7.05 Å². The zero-order valence-electron chi connectivity index (χ0n) is 13.3. The molecule has 0 unspecified atom stereocenters. The molecule has 0 radical (unpaired) electrons. The second-order valence-corrected chi connectivity index (χ2v) is 5.16. The van der Waals surface area contributed by atoms with Gasteiger partial charge in [-0.2, -0.15) is 0 Å². The SMILES string of the molecule is CCCCCCOc1cccc(CCNCC(=O)NC)c1. The van der Waals surface area contributed by atoms with Crippen molar-refractivity contribution in [2.45, 2.75) is 39.0 Å². The summed E-state index contributed by atoms with van der Waals surface area (Å²) in [6, 6.07) is 8.20. The van der Waals surface area contributed by atoms with Crippen molar-refractivity contribution in [3.63, 3.8) is 0 Å². The largest absolute Gasteiger partial charge is 0.494 e. The van der Waals surface area contributed by atoms with Crippen molar-refractivity contribution >= 4 is 5.91 Å². The molecule has 0 spiro atoms. The van der Waals surface area contributed by atoms with E-state index in [2.05, 4.69) is 29.7 Å². The molecule has 21 heavy (non-hydrogen) atoms. The van der Waals surface area contributed by atoms with Crippen LogP contribution in [0.3, 0.4) is 0 Å². The molecule has 0 saturated carbocycles. The van der Waals surface area contributed by atoms with Crippen molar-refractivity contribution in [3.05, 3.63) is 29.8 Å². The van der Waals surface area contributed by atoms with Gasteiger partial charge in [-0.15, -0.1) is 0 Å². The van der Waals surface area contributed by atoms with Crippen molar-refractivity contribution < 1.29 is 9.53 Å². The summed E-state index contributed by atoms with van der Waals surface area (Å²) >= 11 is 0. The van der Waals surface area contributed by atoms with E-state index in [9.17, 15) is 4.79 Å². The zero-order valence-corrected chi connectivity index (χ0v) is 13.3. The lowest BCUT2D eigenvalue weighted by Gasteiger charge is -2.08. The number of nitrogens with one attached hydrogen (secondary N) is 2. The lowest BCUT2D eigenvalue weighted by atomic mass is 10.1. The number of rotatable bonds is 11. The number of amides is 1. The molecule has 1 aromatic carbocycles. The normalized spacial score (nSPS) is 10.4. The van der Waals surface area contributed by atoms with Gasteiger partial charge in [-0.3, -0.25) is 4.79 Å². The molecule has 0 aliphatic heterocycles. The predicted molar refractivity (Wildman–Crippen MR) is 86.7 cm³/mol.